The van der Waals surface area contributed by atoms with E-state index in [2.05, 4.69) is 4.98 Å². The summed E-state index contributed by atoms with van der Waals surface area (Å²) in [5.41, 5.74) is 1.90. The first-order valence-electron chi connectivity index (χ1n) is 7.27. The Balaban J connectivity index is 1.54. The molecule has 0 fully saturated rings. The van der Waals surface area contributed by atoms with Crippen molar-refractivity contribution < 1.29 is 19.2 Å². The molecular weight excluding hydrogens is 312 g/mol. The molecule has 1 heterocycles. The molecule has 1 aromatic heterocycles. The van der Waals surface area contributed by atoms with Gasteiger partial charge in [-0.25, -0.2) is 4.79 Å². The van der Waals surface area contributed by atoms with Gasteiger partial charge in [0.2, 0.25) is 0 Å². The number of nitrogens with one attached hydrogen (secondary N) is 1. The maximum atomic E-state index is 11.7. The number of nitro groups is 1. The van der Waals surface area contributed by atoms with Crippen LogP contribution in [-0.2, 0) is 11.2 Å². The summed E-state index contributed by atoms with van der Waals surface area (Å²) in [6.45, 7) is 0.148. The molecule has 24 heavy (non-hydrogen) atoms. The lowest BCUT2D eigenvalue weighted by atomic mass is 10.1. The maximum absolute atomic E-state index is 11.7. The average Bonchev–Trinajstić information content (AvgIpc) is 2.98. The molecule has 122 valence electrons. The summed E-state index contributed by atoms with van der Waals surface area (Å²) in [6.07, 6.45) is 1.52. The number of aromatic nitrogens is 1. The second-order valence-electron chi connectivity index (χ2n) is 5.06. The normalized spacial score (nSPS) is 10.5. The molecule has 0 amide bonds. The van der Waals surface area contributed by atoms with E-state index in [4.69, 9.17) is 9.47 Å². The fraction of sp³-hybridized carbons (Fsp3) is 0.118. The number of hydrogen-bond acceptors (Lipinski definition) is 5. The van der Waals surface area contributed by atoms with Crippen molar-refractivity contribution in [2.45, 2.75) is 6.42 Å². The average molecular weight is 326 g/mol. The first-order valence-corrected chi connectivity index (χ1v) is 7.27. The predicted molar refractivity (Wildman–Crippen MR) is 87.1 cm³/mol. The molecule has 0 aliphatic rings. The van der Waals surface area contributed by atoms with Crippen LogP contribution in [0.1, 0.15) is 5.56 Å². The quantitative estimate of drug-likeness (QED) is 0.333. The van der Waals surface area contributed by atoms with E-state index >= 15 is 0 Å². The van der Waals surface area contributed by atoms with Crippen molar-refractivity contribution in [1.29, 1.82) is 0 Å². The van der Waals surface area contributed by atoms with Crippen LogP contribution in [0.2, 0.25) is 0 Å². The van der Waals surface area contributed by atoms with Crippen molar-refractivity contribution in [3.05, 3.63) is 70.4 Å². The molecular formula is C17H14N2O5. The molecule has 2 aromatic carbocycles. The van der Waals surface area contributed by atoms with E-state index in [1.54, 1.807) is 0 Å². The molecule has 0 atom stereocenters. The Morgan fingerprint density at radius 2 is 2.00 bits per heavy atom. The van der Waals surface area contributed by atoms with Crippen LogP contribution in [0.3, 0.4) is 0 Å². The second kappa shape index (κ2) is 6.82. The molecule has 0 unspecified atom stereocenters. The predicted octanol–water partition coefficient (Wildman–Crippen LogP) is 3.83. The number of nitro benzene ring substituents is 1. The van der Waals surface area contributed by atoms with Crippen LogP contribution in [0, 0.1) is 10.1 Å². The van der Waals surface area contributed by atoms with E-state index in [1.165, 1.54) is 24.3 Å². The van der Waals surface area contributed by atoms with Gasteiger partial charge in [-0.2, -0.15) is 0 Å². The fourth-order valence-corrected chi connectivity index (χ4v) is 2.37. The van der Waals surface area contributed by atoms with Crippen molar-refractivity contribution in [2.24, 2.45) is 0 Å². The van der Waals surface area contributed by atoms with E-state index in [0.717, 1.165) is 16.5 Å². The van der Waals surface area contributed by atoms with E-state index in [9.17, 15) is 14.9 Å². The van der Waals surface area contributed by atoms with Gasteiger partial charge >= 0.3 is 6.16 Å². The highest BCUT2D eigenvalue weighted by atomic mass is 16.7. The second-order valence-corrected chi connectivity index (χ2v) is 5.06. The lowest BCUT2D eigenvalue weighted by molar-refractivity contribution is -0.384. The Morgan fingerprint density at radius 3 is 2.83 bits per heavy atom. The highest BCUT2D eigenvalue weighted by molar-refractivity contribution is 5.83. The van der Waals surface area contributed by atoms with Crippen molar-refractivity contribution in [1.82, 2.24) is 4.98 Å². The Morgan fingerprint density at radius 1 is 1.17 bits per heavy atom. The Kier molecular flexibility index (Phi) is 4.42. The molecule has 0 saturated carbocycles. The van der Waals surface area contributed by atoms with Crippen LogP contribution >= 0.6 is 0 Å². The van der Waals surface area contributed by atoms with Gasteiger partial charge in [-0.15, -0.1) is 0 Å². The number of H-pyrrole nitrogens is 1. The third-order valence-electron chi connectivity index (χ3n) is 3.50. The summed E-state index contributed by atoms with van der Waals surface area (Å²) in [5.74, 6) is 0.0706. The Labute approximate surface area is 137 Å². The molecule has 0 bridgehead atoms. The number of carbonyl (C=O) groups excluding carboxylic acids is 1. The van der Waals surface area contributed by atoms with Crippen LogP contribution in [0.15, 0.2) is 54.7 Å². The van der Waals surface area contributed by atoms with Crippen molar-refractivity contribution >= 4 is 22.7 Å². The number of rotatable bonds is 5. The highest BCUT2D eigenvalue weighted by Crippen LogP contribution is 2.20. The minimum absolute atomic E-state index is 0.0706. The van der Waals surface area contributed by atoms with Crippen LogP contribution in [0.5, 0.6) is 5.75 Å². The number of fused-ring (bicyclic) bond motifs is 1. The SMILES string of the molecule is O=C(OCCc1c[nH]c2ccccc12)Oc1cccc([N+](=O)[O-])c1. The lowest BCUT2D eigenvalue weighted by Gasteiger charge is -2.05. The zero-order valence-corrected chi connectivity index (χ0v) is 12.6. The summed E-state index contributed by atoms with van der Waals surface area (Å²) < 4.78 is 9.96. The number of nitrogens with zero attached hydrogens (tertiary/aromatic N) is 1. The van der Waals surface area contributed by atoms with Crippen molar-refractivity contribution in [2.75, 3.05) is 6.61 Å². The lowest BCUT2D eigenvalue weighted by Crippen LogP contribution is -2.12. The zero-order chi connectivity index (χ0) is 16.9. The van der Waals surface area contributed by atoms with E-state index in [0.29, 0.717) is 6.42 Å². The molecule has 0 saturated heterocycles. The number of ether oxygens (including phenoxy) is 2. The molecule has 0 aliphatic carbocycles. The van der Waals surface area contributed by atoms with Gasteiger partial charge < -0.3 is 14.5 Å². The Bertz CT molecular complexity index is 887. The first-order chi connectivity index (χ1) is 11.6. The molecule has 7 heteroatoms. The topological polar surface area (TPSA) is 94.5 Å². The summed E-state index contributed by atoms with van der Waals surface area (Å²) in [6, 6.07) is 13.2. The van der Waals surface area contributed by atoms with Gasteiger partial charge in [-0.1, -0.05) is 24.3 Å². The summed E-state index contributed by atoms with van der Waals surface area (Å²) in [7, 11) is 0. The van der Waals surface area contributed by atoms with Crippen LogP contribution in [0.4, 0.5) is 10.5 Å². The summed E-state index contributed by atoms with van der Waals surface area (Å²) >= 11 is 0. The van der Waals surface area contributed by atoms with E-state index < -0.39 is 11.1 Å². The van der Waals surface area contributed by atoms with E-state index in [-0.39, 0.29) is 18.0 Å². The van der Waals surface area contributed by atoms with Gasteiger partial charge in [0, 0.05) is 29.6 Å². The van der Waals surface area contributed by atoms with Gasteiger partial charge in [0.25, 0.3) is 5.69 Å². The van der Waals surface area contributed by atoms with Crippen LogP contribution in [-0.4, -0.2) is 22.7 Å². The van der Waals surface area contributed by atoms with Gasteiger partial charge in [-0.3, -0.25) is 10.1 Å². The Hall–Kier alpha value is -3.35. The third kappa shape index (κ3) is 3.52. The first kappa shape index (κ1) is 15.5. The molecule has 0 aliphatic heterocycles. The van der Waals surface area contributed by atoms with Crippen molar-refractivity contribution in [3.8, 4) is 5.75 Å². The monoisotopic (exact) mass is 326 g/mol. The fourth-order valence-electron chi connectivity index (χ4n) is 2.37. The van der Waals surface area contributed by atoms with Gasteiger partial charge in [0.1, 0.15) is 5.75 Å². The minimum Gasteiger partial charge on any atom is -0.434 e. The summed E-state index contributed by atoms with van der Waals surface area (Å²) in [4.78, 5) is 24.9. The molecule has 3 rings (SSSR count). The third-order valence-corrected chi connectivity index (χ3v) is 3.50. The van der Waals surface area contributed by atoms with Crippen LogP contribution in [0.25, 0.3) is 10.9 Å². The molecule has 7 nitrogen and oxygen atoms in total. The van der Waals surface area contributed by atoms with Crippen molar-refractivity contribution in [3.63, 3.8) is 0 Å². The smallest absolute Gasteiger partial charge is 0.434 e. The van der Waals surface area contributed by atoms with Gasteiger partial charge in [0.05, 0.1) is 17.6 Å². The van der Waals surface area contributed by atoms with Gasteiger partial charge in [-0.05, 0) is 17.7 Å². The number of benzene rings is 2. The molecule has 0 spiro atoms. The van der Waals surface area contributed by atoms with Crippen LogP contribution < -0.4 is 4.74 Å². The zero-order valence-electron chi connectivity index (χ0n) is 12.6. The molecule has 3 aromatic rings. The standard InChI is InChI=1S/C17H14N2O5/c20-17(24-14-5-3-4-13(10-14)19(21)22)23-9-8-12-11-18-16-7-2-1-6-15(12)16/h1-7,10-11,18H,8-9H2. The molecule has 0 radical (unpaired) electrons. The molecule has 1 N–H and O–H groups in total. The maximum Gasteiger partial charge on any atom is 0.513 e. The number of carbonyl (C=O) groups is 1. The van der Waals surface area contributed by atoms with Gasteiger partial charge in [0.15, 0.2) is 0 Å². The minimum atomic E-state index is -0.893. The van der Waals surface area contributed by atoms with E-state index in [1.807, 2.05) is 30.5 Å². The number of non-ortho nitro benzene ring substituents is 1. The highest BCUT2D eigenvalue weighted by Gasteiger charge is 2.11. The number of para-hydroxylation sites is 1. The largest absolute Gasteiger partial charge is 0.513 e. The number of hydrogen-bond donors (Lipinski definition) is 1. The number of aromatic amines is 1. The summed E-state index contributed by atoms with van der Waals surface area (Å²) in [5, 5.41) is 11.8.